The first-order valence-corrected chi connectivity index (χ1v) is 11.7. The summed E-state index contributed by atoms with van der Waals surface area (Å²) in [5.41, 5.74) is 1.92. The van der Waals surface area contributed by atoms with E-state index < -0.39 is 0 Å². The van der Waals surface area contributed by atoms with Gasteiger partial charge in [0.15, 0.2) is 0 Å². The Kier molecular flexibility index (Phi) is 4.15. The van der Waals surface area contributed by atoms with Crippen molar-refractivity contribution in [2.45, 2.75) is 37.4 Å². The second-order valence-electron chi connectivity index (χ2n) is 9.47. The van der Waals surface area contributed by atoms with E-state index in [1.807, 2.05) is 11.9 Å². The van der Waals surface area contributed by atoms with Gasteiger partial charge in [0.25, 0.3) is 5.91 Å². The molecule has 2 aromatic rings. The number of benzene rings is 1. The van der Waals surface area contributed by atoms with Crippen LogP contribution in [0.1, 0.15) is 29.8 Å². The van der Waals surface area contributed by atoms with Crippen LogP contribution in [-0.4, -0.2) is 89.9 Å². The van der Waals surface area contributed by atoms with Crippen LogP contribution in [-0.2, 0) is 0 Å². The second kappa shape index (κ2) is 6.65. The Morgan fingerprint density at radius 1 is 1.17 bits per heavy atom. The minimum atomic E-state index is 0.0876. The average Bonchev–Trinajstić information content (AvgIpc) is 3.46. The maximum Gasteiger partial charge on any atom is 0.274 e. The zero-order valence-corrected chi connectivity index (χ0v) is 18.1. The first-order chi connectivity index (χ1) is 14.1. The zero-order chi connectivity index (χ0) is 19.7. The molecule has 154 valence electrons. The molecule has 5 aliphatic rings. The predicted octanol–water partition coefficient (Wildman–Crippen LogP) is 2.36. The number of likely N-dealkylation sites (tertiary alicyclic amines) is 1. The number of piperazine rings is 1. The Morgan fingerprint density at radius 3 is 2.66 bits per heavy atom. The zero-order valence-electron chi connectivity index (χ0n) is 17.3. The van der Waals surface area contributed by atoms with Gasteiger partial charge >= 0.3 is 0 Å². The van der Waals surface area contributed by atoms with Gasteiger partial charge < -0.3 is 14.7 Å². The van der Waals surface area contributed by atoms with Gasteiger partial charge in [-0.05, 0) is 75.0 Å². The summed E-state index contributed by atoms with van der Waals surface area (Å²) in [6.45, 7) is 5.67. The van der Waals surface area contributed by atoms with Gasteiger partial charge in [0.05, 0.1) is 4.70 Å². The number of hydrogen-bond donors (Lipinski definition) is 0. The molecule has 0 aliphatic carbocycles. The number of anilines is 1. The fourth-order valence-electron chi connectivity index (χ4n) is 6.13. The number of rotatable bonds is 3. The summed E-state index contributed by atoms with van der Waals surface area (Å²) in [7, 11) is 4.21. The van der Waals surface area contributed by atoms with Crippen molar-refractivity contribution in [2.75, 3.05) is 51.7 Å². The summed E-state index contributed by atoms with van der Waals surface area (Å²) in [6, 6.07) is 8.21. The van der Waals surface area contributed by atoms with Crippen LogP contribution in [0.25, 0.3) is 10.1 Å². The van der Waals surface area contributed by atoms with Gasteiger partial charge in [-0.25, -0.2) is 0 Å². The Hall–Kier alpha value is -1.70. The predicted molar refractivity (Wildman–Crippen MR) is 117 cm³/mol. The molecule has 6 nitrogen and oxygen atoms in total. The number of nitrogens with zero attached hydrogens (tertiary/aromatic N) is 5. The SMILES string of the molecule is CN1C[C@@H]2C[C@H]1CN2c1ccc2c(C(=O)N(C)[C@@H]3CN4CCC3CC4)nsc2c1. The molecule has 5 aliphatic heterocycles. The fourth-order valence-corrected chi connectivity index (χ4v) is 6.93. The number of fused-ring (bicyclic) bond motifs is 6. The van der Waals surface area contributed by atoms with Gasteiger partial charge in [0.2, 0.25) is 0 Å². The molecule has 0 N–H and O–H groups in total. The van der Waals surface area contributed by atoms with Crippen molar-refractivity contribution >= 4 is 33.2 Å². The maximum absolute atomic E-state index is 13.3. The first kappa shape index (κ1) is 18.1. The minimum absolute atomic E-state index is 0.0876. The molecule has 5 saturated heterocycles. The maximum atomic E-state index is 13.3. The van der Waals surface area contributed by atoms with Gasteiger partial charge in [-0.1, -0.05) is 0 Å². The largest absolute Gasteiger partial charge is 0.366 e. The fraction of sp³-hybridized carbons (Fsp3) is 0.636. The molecule has 4 bridgehead atoms. The number of aromatic nitrogens is 1. The van der Waals surface area contributed by atoms with Gasteiger partial charge in [-0.3, -0.25) is 9.69 Å². The summed E-state index contributed by atoms with van der Waals surface area (Å²) >= 11 is 1.47. The molecule has 0 spiro atoms. The monoisotopic (exact) mass is 411 g/mol. The van der Waals surface area contributed by atoms with Crippen LogP contribution >= 0.6 is 11.5 Å². The van der Waals surface area contributed by atoms with E-state index in [1.54, 1.807) is 0 Å². The highest BCUT2D eigenvalue weighted by Crippen LogP contribution is 2.37. The van der Waals surface area contributed by atoms with Crippen molar-refractivity contribution in [3.8, 4) is 0 Å². The van der Waals surface area contributed by atoms with Crippen molar-refractivity contribution < 1.29 is 4.79 Å². The number of carbonyl (C=O) groups is 1. The highest BCUT2D eigenvalue weighted by molar-refractivity contribution is 7.13. The van der Waals surface area contributed by atoms with Crippen molar-refractivity contribution in [3.63, 3.8) is 0 Å². The molecule has 7 heteroatoms. The Bertz CT molecular complexity index is 950. The molecular formula is C22H29N5OS. The van der Waals surface area contributed by atoms with Crippen LogP contribution in [0.5, 0.6) is 0 Å². The Labute approximate surface area is 176 Å². The van der Waals surface area contributed by atoms with Crippen molar-refractivity contribution in [1.82, 2.24) is 19.1 Å². The quantitative estimate of drug-likeness (QED) is 0.776. The number of hydrogen-bond acceptors (Lipinski definition) is 6. The van der Waals surface area contributed by atoms with Crippen LogP contribution in [0, 0.1) is 5.92 Å². The average molecular weight is 412 g/mol. The molecule has 6 heterocycles. The van der Waals surface area contributed by atoms with Crippen LogP contribution in [0.4, 0.5) is 5.69 Å². The van der Waals surface area contributed by atoms with Crippen molar-refractivity contribution in [3.05, 3.63) is 23.9 Å². The Morgan fingerprint density at radius 2 is 2.00 bits per heavy atom. The molecule has 0 saturated carbocycles. The number of amides is 1. The topological polar surface area (TPSA) is 42.9 Å². The smallest absolute Gasteiger partial charge is 0.274 e. The van der Waals surface area contributed by atoms with Gasteiger partial charge in [-0.2, -0.15) is 4.37 Å². The highest BCUT2D eigenvalue weighted by Gasteiger charge is 2.42. The molecule has 1 aromatic heterocycles. The molecule has 7 rings (SSSR count). The number of piperidine rings is 3. The molecule has 3 atom stereocenters. The number of carbonyl (C=O) groups excluding carboxylic acids is 1. The van der Waals surface area contributed by atoms with E-state index in [-0.39, 0.29) is 5.91 Å². The lowest BCUT2D eigenvalue weighted by Gasteiger charge is -2.47. The molecular weight excluding hydrogens is 382 g/mol. The van der Waals surface area contributed by atoms with Crippen LogP contribution < -0.4 is 4.90 Å². The van der Waals surface area contributed by atoms with Crippen LogP contribution in [0.15, 0.2) is 18.2 Å². The van der Waals surface area contributed by atoms with Crippen LogP contribution in [0.3, 0.4) is 0 Å². The van der Waals surface area contributed by atoms with Gasteiger partial charge in [0, 0.05) is 55.9 Å². The highest BCUT2D eigenvalue weighted by atomic mass is 32.1. The van der Waals surface area contributed by atoms with E-state index in [0.29, 0.717) is 29.7 Å². The minimum Gasteiger partial charge on any atom is -0.366 e. The van der Waals surface area contributed by atoms with Gasteiger partial charge in [0.1, 0.15) is 5.69 Å². The van der Waals surface area contributed by atoms with E-state index in [4.69, 9.17) is 0 Å². The molecule has 1 amide bonds. The standard InChI is InChI=1S/C22H29N5OS/c1-24-11-17-9-16(24)12-27(17)15-3-4-18-20(10-15)29-23-21(18)22(28)25(2)19-13-26-7-5-14(19)6-8-26/h3-4,10,14,16-17,19H,5-9,11-13H2,1-2H3/t16-,17-,19+/m0/s1. The lowest BCUT2D eigenvalue weighted by molar-refractivity contribution is 0.0161. The molecule has 29 heavy (non-hydrogen) atoms. The molecule has 5 fully saturated rings. The van der Waals surface area contributed by atoms with Crippen molar-refractivity contribution in [1.29, 1.82) is 0 Å². The van der Waals surface area contributed by atoms with Crippen molar-refractivity contribution in [2.24, 2.45) is 5.92 Å². The third kappa shape index (κ3) is 2.81. The lowest BCUT2D eigenvalue weighted by atomic mass is 9.83. The van der Waals surface area contributed by atoms with E-state index >= 15 is 0 Å². The summed E-state index contributed by atoms with van der Waals surface area (Å²) in [5.74, 6) is 0.735. The first-order valence-electron chi connectivity index (χ1n) is 10.9. The second-order valence-corrected chi connectivity index (χ2v) is 10.3. The lowest BCUT2D eigenvalue weighted by Crippen LogP contribution is -2.57. The van der Waals surface area contributed by atoms with Crippen LogP contribution in [0.2, 0.25) is 0 Å². The molecule has 0 radical (unpaired) electrons. The van der Waals surface area contributed by atoms with E-state index in [1.165, 1.54) is 49.6 Å². The summed E-state index contributed by atoms with van der Waals surface area (Å²) in [4.78, 5) is 22.8. The van der Waals surface area contributed by atoms with E-state index in [0.717, 1.165) is 29.7 Å². The molecule has 0 unspecified atom stereocenters. The summed E-state index contributed by atoms with van der Waals surface area (Å²) < 4.78 is 5.74. The summed E-state index contributed by atoms with van der Waals surface area (Å²) in [5, 5.41) is 1.01. The normalized spacial score (nSPS) is 33.7. The number of likely N-dealkylation sites (N-methyl/N-ethyl adjacent to an activating group) is 2. The van der Waals surface area contributed by atoms with E-state index in [2.05, 4.69) is 44.3 Å². The van der Waals surface area contributed by atoms with E-state index in [9.17, 15) is 4.79 Å². The summed E-state index contributed by atoms with van der Waals surface area (Å²) in [6.07, 6.45) is 3.71. The van der Waals surface area contributed by atoms with Gasteiger partial charge in [-0.15, -0.1) is 0 Å². The Balaban J connectivity index is 1.25. The molecule has 1 aromatic carbocycles. The third-order valence-electron chi connectivity index (χ3n) is 7.94. The third-order valence-corrected chi connectivity index (χ3v) is 8.75.